The van der Waals surface area contributed by atoms with Crippen LogP contribution in [0.3, 0.4) is 0 Å². The molecule has 0 spiro atoms. The zero-order chi connectivity index (χ0) is 18.8. The molecule has 2 bridgehead atoms. The molecule has 0 radical (unpaired) electrons. The van der Waals surface area contributed by atoms with Gasteiger partial charge in [-0.1, -0.05) is 42.8 Å². The molecule has 0 aromatic heterocycles. The summed E-state index contributed by atoms with van der Waals surface area (Å²) in [6.45, 7) is 0.945. The first kappa shape index (κ1) is 18.3. The largest absolute Gasteiger partial charge is 0.299 e. The van der Waals surface area contributed by atoms with E-state index in [0.717, 1.165) is 44.4 Å². The van der Waals surface area contributed by atoms with Gasteiger partial charge in [-0.15, -0.1) is 0 Å². The monoisotopic (exact) mass is 369 g/mol. The molecule has 0 aliphatic carbocycles. The number of carbonyl (C=O) groups is 1. The van der Waals surface area contributed by atoms with Gasteiger partial charge in [0.25, 0.3) is 0 Å². The van der Waals surface area contributed by atoms with Crippen LogP contribution in [-0.4, -0.2) is 22.8 Å². The maximum Gasteiger partial charge on any atom is 0.159 e. The fourth-order valence-electron chi connectivity index (χ4n) is 4.79. The first-order valence-electron chi connectivity index (χ1n) is 9.86. The van der Waals surface area contributed by atoms with Crippen molar-refractivity contribution >= 4 is 5.78 Å². The van der Waals surface area contributed by atoms with Gasteiger partial charge >= 0.3 is 0 Å². The Balaban J connectivity index is 1.43. The van der Waals surface area contributed by atoms with E-state index < -0.39 is 11.6 Å². The van der Waals surface area contributed by atoms with Crippen LogP contribution in [0.15, 0.2) is 48.5 Å². The van der Waals surface area contributed by atoms with Gasteiger partial charge in [0.15, 0.2) is 11.6 Å². The fourth-order valence-corrected chi connectivity index (χ4v) is 4.79. The molecule has 2 saturated heterocycles. The van der Waals surface area contributed by atoms with Crippen molar-refractivity contribution in [3.8, 4) is 0 Å². The second-order valence-electron chi connectivity index (χ2n) is 7.96. The summed E-state index contributed by atoms with van der Waals surface area (Å²) in [5.41, 5.74) is 1.89. The van der Waals surface area contributed by atoms with Gasteiger partial charge in [-0.25, -0.2) is 8.78 Å². The number of piperidine rings is 2. The lowest BCUT2D eigenvalue weighted by atomic mass is 9.75. The lowest BCUT2D eigenvalue weighted by Crippen LogP contribution is -2.52. The Hall–Kier alpha value is -2.07. The topological polar surface area (TPSA) is 20.3 Å². The Kier molecular flexibility index (Phi) is 5.35. The number of nitrogens with zero attached hydrogens (tertiary/aromatic N) is 1. The summed E-state index contributed by atoms with van der Waals surface area (Å²) in [5, 5.41) is 0. The minimum absolute atomic E-state index is 0.0282. The highest BCUT2D eigenvalue weighted by Crippen LogP contribution is 2.38. The average molecular weight is 369 g/mol. The van der Waals surface area contributed by atoms with Crippen molar-refractivity contribution in [1.82, 2.24) is 4.90 Å². The summed E-state index contributed by atoms with van der Waals surface area (Å²) in [4.78, 5) is 15.4. The average Bonchev–Trinajstić information content (AvgIpc) is 2.65. The van der Waals surface area contributed by atoms with Crippen molar-refractivity contribution in [2.75, 3.05) is 0 Å². The van der Waals surface area contributed by atoms with Gasteiger partial charge in [0.1, 0.15) is 5.78 Å². The maximum atomic E-state index is 13.4. The molecule has 0 saturated carbocycles. The van der Waals surface area contributed by atoms with Crippen molar-refractivity contribution in [2.24, 2.45) is 5.92 Å². The summed E-state index contributed by atoms with van der Waals surface area (Å²) < 4.78 is 26.5. The molecule has 142 valence electrons. The summed E-state index contributed by atoms with van der Waals surface area (Å²) in [6, 6.07) is 15.2. The van der Waals surface area contributed by atoms with E-state index in [1.165, 1.54) is 18.1 Å². The third-order valence-corrected chi connectivity index (χ3v) is 6.15. The second-order valence-corrected chi connectivity index (χ2v) is 7.96. The van der Waals surface area contributed by atoms with E-state index in [9.17, 15) is 13.6 Å². The quantitative estimate of drug-likeness (QED) is 0.746. The van der Waals surface area contributed by atoms with E-state index in [0.29, 0.717) is 17.6 Å². The van der Waals surface area contributed by atoms with Crippen molar-refractivity contribution in [1.29, 1.82) is 0 Å². The van der Waals surface area contributed by atoms with Gasteiger partial charge in [-0.3, -0.25) is 9.69 Å². The predicted octanol–water partition coefficient (Wildman–Crippen LogP) is 4.91. The second kappa shape index (κ2) is 7.89. The summed E-state index contributed by atoms with van der Waals surface area (Å²) >= 11 is 0. The van der Waals surface area contributed by atoms with Crippen LogP contribution in [-0.2, 0) is 17.8 Å². The lowest BCUT2D eigenvalue weighted by Gasteiger charge is -2.48. The van der Waals surface area contributed by atoms with Crippen LogP contribution in [0, 0.1) is 17.6 Å². The van der Waals surface area contributed by atoms with Crippen LogP contribution in [0.2, 0.25) is 0 Å². The van der Waals surface area contributed by atoms with Crippen molar-refractivity contribution in [3.05, 3.63) is 71.3 Å². The highest BCUT2D eigenvalue weighted by Gasteiger charge is 2.40. The molecule has 2 atom stereocenters. The van der Waals surface area contributed by atoms with Crippen LogP contribution in [0.25, 0.3) is 0 Å². The van der Waals surface area contributed by atoms with Crippen LogP contribution in [0.1, 0.15) is 43.2 Å². The minimum atomic E-state index is -0.880. The van der Waals surface area contributed by atoms with Gasteiger partial charge < -0.3 is 0 Å². The number of halogens is 2. The molecule has 0 amide bonds. The zero-order valence-electron chi connectivity index (χ0n) is 15.4. The van der Waals surface area contributed by atoms with Gasteiger partial charge in [0, 0.05) is 31.0 Å². The molecule has 27 heavy (non-hydrogen) atoms. The summed E-state index contributed by atoms with van der Waals surface area (Å²) in [6.07, 6.45) is 5.46. The van der Waals surface area contributed by atoms with Gasteiger partial charge in [0.2, 0.25) is 0 Å². The molecule has 2 heterocycles. The van der Waals surface area contributed by atoms with Gasteiger partial charge in [-0.05, 0) is 48.9 Å². The Bertz CT molecular complexity index is 793. The number of hydrogen-bond acceptors (Lipinski definition) is 2. The Labute approximate surface area is 159 Å². The Morgan fingerprint density at radius 1 is 0.926 bits per heavy atom. The molecule has 2 nitrogen and oxygen atoms in total. The molecule has 0 N–H and O–H groups in total. The predicted molar refractivity (Wildman–Crippen MR) is 101 cm³/mol. The number of rotatable bonds is 5. The normalized spacial score (nSPS) is 25.3. The van der Waals surface area contributed by atoms with Gasteiger partial charge in [0.05, 0.1) is 0 Å². The fraction of sp³-hybridized carbons (Fsp3) is 0.435. The first-order chi connectivity index (χ1) is 13.1. The van der Waals surface area contributed by atoms with Crippen LogP contribution in [0.4, 0.5) is 8.78 Å². The zero-order valence-corrected chi connectivity index (χ0v) is 15.4. The number of ketones is 1. The van der Waals surface area contributed by atoms with Gasteiger partial charge in [-0.2, -0.15) is 0 Å². The van der Waals surface area contributed by atoms with Crippen LogP contribution < -0.4 is 0 Å². The Morgan fingerprint density at radius 2 is 1.63 bits per heavy atom. The van der Waals surface area contributed by atoms with E-state index in [4.69, 9.17) is 0 Å². The van der Waals surface area contributed by atoms with E-state index in [2.05, 4.69) is 29.2 Å². The molecule has 2 fully saturated rings. The first-order valence-corrected chi connectivity index (χ1v) is 9.86. The highest BCUT2D eigenvalue weighted by molar-refractivity contribution is 5.83. The van der Waals surface area contributed by atoms with Crippen molar-refractivity contribution < 1.29 is 13.6 Å². The number of carbonyl (C=O) groups excluding carboxylic acids is 1. The van der Waals surface area contributed by atoms with Crippen molar-refractivity contribution in [2.45, 2.75) is 57.2 Å². The Morgan fingerprint density at radius 3 is 2.30 bits per heavy atom. The van der Waals surface area contributed by atoms with E-state index in [1.54, 1.807) is 0 Å². The molecule has 2 aromatic carbocycles. The molecule has 2 unspecified atom stereocenters. The third kappa shape index (κ3) is 4.11. The van der Waals surface area contributed by atoms with E-state index in [1.807, 2.05) is 6.07 Å². The SMILES string of the molecule is O=C(Cc1ccc(F)c(F)c1)C1CC2CCCC(C1)N2Cc1ccccc1. The minimum Gasteiger partial charge on any atom is -0.299 e. The third-order valence-electron chi connectivity index (χ3n) is 6.15. The van der Waals surface area contributed by atoms with E-state index in [-0.39, 0.29) is 18.1 Å². The van der Waals surface area contributed by atoms with Crippen LogP contribution >= 0.6 is 0 Å². The summed E-state index contributed by atoms with van der Waals surface area (Å²) in [7, 11) is 0. The molecule has 2 aliphatic rings. The smallest absolute Gasteiger partial charge is 0.159 e. The molecule has 2 aliphatic heterocycles. The maximum absolute atomic E-state index is 13.4. The molecule has 4 rings (SSSR count). The molecular formula is C23H25F2NO. The molecule has 2 aromatic rings. The van der Waals surface area contributed by atoms with Crippen molar-refractivity contribution in [3.63, 3.8) is 0 Å². The van der Waals surface area contributed by atoms with E-state index >= 15 is 0 Å². The number of fused-ring (bicyclic) bond motifs is 2. The molecular weight excluding hydrogens is 344 g/mol. The molecule has 4 heteroatoms. The highest BCUT2D eigenvalue weighted by atomic mass is 19.2. The number of hydrogen-bond donors (Lipinski definition) is 0. The lowest BCUT2D eigenvalue weighted by molar-refractivity contribution is -0.126. The number of benzene rings is 2. The number of Topliss-reactive ketones (excluding diaryl/α,β-unsaturated/α-hetero) is 1. The summed E-state index contributed by atoms with van der Waals surface area (Å²) in [5.74, 6) is -1.55. The van der Waals surface area contributed by atoms with Crippen LogP contribution in [0.5, 0.6) is 0 Å². The standard InChI is InChI=1S/C23H25F2NO/c24-21-10-9-17(11-22(21)25)12-23(27)18-13-19-7-4-8-20(14-18)26(19)15-16-5-2-1-3-6-16/h1-3,5-6,9-11,18-20H,4,7-8,12-15H2.